The van der Waals surface area contributed by atoms with E-state index in [4.69, 9.17) is 5.73 Å². The number of rotatable bonds is 2. The van der Waals surface area contributed by atoms with Crippen LogP contribution in [-0.2, 0) is 4.79 Å². The Morgan fingerprint density at radius 2 is 1.89 bits per heavy atom. The number of nitrogens with one attached hydrogen (secondary N) is 1. The highest BCUT2D eigenvalue weighted by molar-refractivity contribution is 5.81. The van der Waals surface area contributed by atoms with Crippen molar-refractivity contribution in [1.82, 2.24) is 5.32 Å². The normalized spacial score (nSPS) is 13.4. The van der Waals surface area contributed by atoms with E-state index in [1.165, 1.54) is 0 Å². The molecule has 9 heavy (non-hydrogen) atoms. The molecule has 3 heteroatoms. The second kappa shape index (κ2) is 3.45. The van der Waals surface area contributed by atoms with Crippen molar-refractivity contribution in [3.05, 3.63) is 0 Å². The Morgan fingerprint density at radius 1 is 1.44 bits per heavy atom. The first-order chi connectivity index (χ1) is 4.04. The van der Waals surface area contributed by atoms with Gasteiger partial charge in [-0.05, 0) is 20.8 Å². The molecule has 0 rings (SSSR count). The van der Waals surface area contributed by atoms with Crippen molar-refractivity contribution in [3.8, 4) is 0 Å². The average Bonchev–Trinajstić information content (AvgIpc) is 1.63. The molecule has 0 aliphatic rings. The van der Waals surface area contributed by atoms with Crippen LogP contribution in [0.5, 0.6) is 0 Å². The number of carbonyl (C=O) groups excluding carboxylic acids is 1. The zero-order chi connectivity index (χ0) is 7.44. The predicted octanol–water partition coefficient (Wildman–Crippen LogP) is -0.142. The smallest absolute Gasteiger partial charge is 0.236 e. The Morgan fingerprint density at radius 3 is 2.00 bits per heavy atom. The fourth-order valence-corrected chi connectivity index (χ4v) is 0.416. The number of nitrogens with two attached hydrogens (primary N) is 1. The third-order valence-electron chi connectivity index (χ3n) is 0.844. The standard InChI is InChI=1S/C6H14N2O/c1-4(2)8-6(9)5(3)7/h4-5H,7H2,1-3H3,(H,8,9)/t5-/m0/s1. The molecule has 54 valence electrons. The highest BCUT2D eigenvalue weighted by Crippen LogP contribution is 1.79. The van der Waals surface area contributed by atoms with E-state index in [2.05, 4.69) is 5.32 Å². The van der Waals surface area contributed by atoms with Gasteiger partial charge in [-0.15, -0.1) is 0 Å². The molecule has 0 aromatic carbocycles. The first-order valence-corrected chi connectivity index (χ1v) is 3.10. The van der Waals surface area contributed by atoms with Crippen LogP contribution in [0.2, 0.25) is 0 Å². The van der Waals surface area contributed by atoms with Gasteiger partial charge < -0.3 is 11.1 Å². The van der Waals surface area contributed by atoms with Gasteiger partial charge >= 0.3 is 0 Å². The van der Waals surface area contributed by atoms with Crippen LogP contribution in [0.1, 0.15) is 20.8 Å². The molecule has 1 amide bonds. The molecule has 1 atom stereocenters. The third kappa shape index (κ3) is 3.97. The lowest BCUT2D eigenvalue weighted by Crippen LogP contribution is -2.41. The van der Waals surface area contributed by atoms with E-state index in [9.17, 15) is 4.79 Å². The third-order valence-corrected chi connectivity index (χ3v) is 0.844. The summed E-state index contributed by atoms with van der Waals surface area (Å²) in [5, 5.41) is 2.68. The number of carbonyl (C=O) groups is 1. The van der Waals surface area contributed by atoms with E-state index < -0.39 is 6.04 Å². The minimum Gasteiger partial charge on any atom is -0.353 e. The number of amides is 1. The van der Waals surface area contributed by atoms with E-state index in [1.807, 2.05) is 13.8 Å². The predicted molar refractivity (Wildman–Crippen MR) is 36.9 cm³/mol. The maximum atomic E-state index is 10.7. The van der Waals surface area contributed by atoms with Crippen LogP contribution in [0.4, 0.5) is 0 Å². The summed E-state index contributed by atoms with van der Waals surface area (Å²) in [6.07, 6.45) is 0. The zero-order valence-electron chi connectivity index (χ0n) is 6.14. The van der Waals surface area contributed by atoms with Gasteiger partial charge in [-0.3, -0.25) is 4.79 Å². The van der Waals surface area contributed by atoms with Crippen LogP contribution < -0.4 is 11.1 Å². The lowest BCUT2D eigenvalue weighted by molar-refractivity contribution is -0.122. The van der Waals surface area contributed by atoms with E-state index >= 15 is 0 Å². The Hall–Kier alpha value is -0.570. The maximum absolute atomic E-state index is 10.7. The van der Waals surface area contributed by atoms with Gasteiger partial charge in [0.15, 0.2) is 0 Å². The summed E-state index contributed by atoms with van der Waals surface area (Å²) < 4.78 is 0. The lowest BCUT2D eigenvalue weighted by Gasteiger charge is -2.09. The van der Waals surface area contributed by atoms with Gasteiger partial charge in [-0.25, -0.2) is 0 Å². The lowest BCUT2D eigenvalue weighted by atomic mass is 10.3. The summed E-state index contributed by atoms with van der Waals surface area (Å²) in [6.45, 7) is 5.47. The van der Waals surface area contributed by atoms with Gasteiger partial charge in [0.05, 0.1) is 6.04 Å². The fraction of sp³-hybridized carbons (Fsp3) is 0.833. The van der Waals surface area contributed by atoms with Crippen molar-refractivity contribution < 1.29 is 4.79 Å². The van der Waals surface area contributed by atoms with Gasteiger partial charge in [0.25, 0.3) is 0 Å². The summed E-state index contributed by atoms with van der Waals surface area (Å²) in [7, 11) is 0. The molecule has 0 heterocycles. The fourth-order valence-electron chi connectivity index (χ4n) is 0.416. The summed E-state index contributed by atoms with van der Waals surface area (Å²) in [5.41, 5.74) is 5.27. The summed E-state index contributed by atoms with van der Waals surface area (Å²) >= 11 is 0. The second-order valence-electron chi connectivity index (χ2n) is 2.45. The number of hydrogen-bond donors (Lipinski definition) is 2. The monoisotopic (exact) mass is 130 g/mol. The average molecular weight is 130 g/mol. The summed E-state index contributed by atoms with van der Waals surface area (Å²) in [4.78, 5) is 10.7. The Bertz CT molecular complexity index is 99.2. The van der Waals surface area contributed by atoms with Crippen molar-refractivity contribution in [1.29, 1.82) is 0 Å². The van der Waals surface area contributed by atoms with Crippen LogP contribution in [0.3, 0.4) is 0 Å². The van der Waals surface area contributed by atoms with Crippen molar-refractivity contribution in [3.63, 3.8) is 0 Å². The first kappa shape index (κ1) is 8.43. The van der Waals surface area contributed by atoms with E-state index in [-0.39, 0.29) is 11.9 Å². The molecule has 0 spiro atoms. The molecular formula is C6H14N2O. The molecule has 3 N–H and O–H groups in total. The van der Waals surface area contributed by atoms with E-state index in [1.54, 1.807) is 6.92 Å². The Kier molecular flexibility index (Phi) is 3.24. The molecule has 0 unspecified atom stereocenters. The summed E-state index contributed by atoms with van der Waals surface area (Å²) in [6, 6.07) is -0.212. The van der Waals surface area contributed by atoms with Crippen molar-refractivity contribution in [2.45, 2.75) is 32.9 Å². The minimum absolute atomic E-state index is 0.0926. The van der Waals surface area contributed by atoms with E-state index in [0.717, 1.165) is 0 Å². The SMILES string of the molecule is CC(C)NC(=O)[C@H](C)N. The van der Waals surface area contributed by atoms with Gasteiger partial charge in [0, 0.05) is 6.04 Å². The molecule has 0 aliphatic carbocycles. The molecule has 0 saturated carbocycles. The molecule has 0 aliphatic heterocycles. The molecule has 0 saturated heterocycles. The highest BCUT2D eigenvalue weighted by atomic mass is 16.2. The molecule has 0 aromatic rings. The van der Waals surface area contributed by atoms with Crippen LogP contribution >= 0.6 is 0 Å². The van der Waals surface area contributed by atoms with Crippen molar-refractivity contribution >= 4 is 5.91 Å². The molecular weight excluding hydrogens is 116 g/mol. The molecule has 3 nitrogen and oxygen atoms in total. The summed E-state index contributed by atoms with van der Waals surface area (Å²) in [5.74, 6) is -0.0926. The largest absolute Gasteiger partial charge is 0.353 e. The maximum Gasteiger partial charge on any atom is 0.236 e. The molecule has 0 radical (unpaired) electrons. The Labute approximate surface area is 55.6 Å². The number of hydrogen-bond acceptors (Lipinski definition) is 2. The van der Waals surface area contributed by atoms with Crippen LogP contribution in [-0.4, -0.2) is 18.0 Å². The molecule has 0 aromatic heterocycles. The van der Waals surface area contributed by atoms with E-state index in [0.29, 0.717) is 0 Å². The minimum atomic E-state index is -0.396. The molecule has 0 fully saturated rings. The first-order valence-electron chi connectivity index (χ1n) is 3.10. The topological polar surface area (TPSA) is 55.1 Å². The van der Waals surface area contributed by atoms with Crippen molar-refractivity contribution in [2.75, 3.05) is 0 Å². The van der Waals surface area contributed by atoms with Gasteiger partial charge in [0.2, 0.25) is 5.91 Å². The van der Waals surface area contributed by atoms with Gasteiger partial charge in [-0.2, -0.15) is 0 Å². The van der Waals surface area contributed by atoms with Crippen LogP contribution in [0, 0.1) is 0 Å². The van der Waals surface area contributed by atoms with Crippen LogP contribution in [0.25, 0.3) is 0 Å². The Balaban J connectivity index is 3.51. The highest BCUT2D eigenvalue weighted by Gasteiger charge is 2.06. The zero-order valence-corrected chi connectivity index (χ0v) is 6.14. The molecule has 0 bridgehead atoms. The van der Waals surface area contributed by atoms with Gasteiger partial charge in [-0.1, -0.05) is 0 Å². The second-order valence-corrected chi connectivity index (χ2v) is 2.45. The quantitative estimate of drug-likeness (QED) is 0.546. The van der Waals surface area contributed by atoms with Crippen LogP contribution in [0.15, 0.2) is 0 Å². The van der Waals surface area contributed by atoms with Gasteiger partial charge in [0.1, 0.15) is 0 Å². The van der Waals surface area contributed by atoms with Crippen molar-refractivity contribution in [2.24, 2.45) is 5.73 Å².